The van der Waals surface area contributed by atoms with E-state index in [2.05, 4.69) is 5.32 Å². The van der Waals surface area contributed by atoms with Crippen molar-refractivity contribution in [3.8, 4) is 5.75 Å². The molecule has 2 aromatic rings. The zero-order valence-corrected chi connectivity index (χ0v) is 15.4. The lowest BCUT2D eigenvalue weighted by molar-refractivity contribution is -0.122. The fourth-order valence-electron chi connectivity index (χ4n) is 3.31. The van der Waals surface area contributed by atoms with Gasteiger partial charge < -0.3 is 15.0 Å². The van der Waals surface area contributed by atoms with Crippen LogP contribution in [0, 0.1) is 19.8 Å². The fourth-order valence-corrected chi connectivity index (χ4v) is 3.31. The number of ether oxygens (including phenoxy) is 1. The number of benzene rings is 2. The van der Waals surface area contributed by atoms with Crippen LogP contribution in [0.5, 0.6) is 5.75 Å². The molecule has 1 heterocycles. The molecule has 26 heavy (non-hydrogen) atoms. The molecule has 0 aliphatic carbocycles. The molecule has 1 N–H and O–H groups in total. The zero-order chi connectivity index (χ0) is 18.7. The number of hydrogen-bond donors (Lipinski definition) is 1. The third-order valence-electron chi connectivity index (χ3n) is 4.58. The predicted molar refractivity (Wildman–Crippen MR) is 103 cm³/mol. The van der Waals surface area contributed by atoms with Crippen LogP contribution in [0.15, 0.2) is 42.5 Å². The van der Waals surface area contributed by atoms with Crippen LogP contribution >= 0.6 is 0 Å². The lowest BCUT2D eigenvalue weighted by Crippen LogP contribution is -2.28. The highest BCUT2D eigenvalue weighted by Crippen LogP contribution is 2.30. The second-order valence-corrected chi connectivity index (χ2v) is 6.61. The summed E-state index contributed by atoms with van der Waals surface area (Å²) in [4.78, 5) is 26.9. The van der Waals surface area contributed by atoms with Crippen molar-refractivity contribution in [3.63, 3.8) is 0 Å². The fraction of sp³-hybridized carbons (Fsp3) is 0.333. The van der Waals surface area contributed by atoms with E-state index in [0.717, 1.165) is 16.8 Å². The summed E-state index contributed by atoms with van der Waals surface area (Å²) in [5.74, 6) is 0.0877. The number of aryl methyl sites for hydroxylation is 2. The van der Waals surface area contributed by atoms with E-state index in [4.69, 9.17) is 4.74 Å². The summed E-state index contributed by atoms with van der Waals surface area (Å²) in [7, 11) is 0. The van der Waals surface area contributed by atoms with Crippen molar-refractivity contribution in [3.05, 3.63) is 53.6 Å². The van der Waals surface area contributed by atoms with Gasteiger partial charge in [0.05, 0.1) is 18.2 Å². The normalized spacial score (nSPS) is 16.7. The molecule has 0 aromatic heterocycles. The van der Waals surface area contributed by atoms with Crippen molar-refractivity contribution in [2.75, 3.05) is 23.4 Å². The van der Waals surface area contributed by atoms with Crippen LogP contribution in [0.2, 0.25) is 0 Å². The van der Waals surface area contributed by atoms with Gasteiger partial charge in [0.15, 0.2) is 0 Å². The van der Waals surface area contributed by atoms with Gasteiger partial charge in [0.1, 0.15) is 5.75 Å². The molecular weight excluding hydrogens is 328 g/mol. The second kappa shape index (κ2) is 7.60. The topological polar surface area (TPSA) is 58.6 Å². The maximum atomic E-state index is 12.7. The van der Waals surface area contributed by atoms with Gasteiger partial charge in [-0.1, -0.05) is 29.8 Å². The Balaban J connectivity index is 1.73. The highest BCUT2D eigenvalue weighted by molar-refractivity contribution is 6.04. The summed E-state index contributed by atoms with van der Waals surface area (Å²) in [5, 5.41) is 2.91. The summed E-state index contributed by atoms with van der Waals surface area (Å²) in [6.07, 6.45) is 0.218. The molecule has 3 rings (SSSR count). The summed E-state index contributed by atoms with van der Waals surface area (Å²) < 4.78 is 5.55. The minimum atomic E-state index is -0.377. The molecule has 1 aliphatic heterocycles. The minimum Gasteiger partial charge on any atom is -0.492 e. The molecule has 1 aliphatic rings. The van der Waals surface area contributed by atoms with E-state index in [-0.39, 0.29) is 24.2 Å². The van der Waals surface area contributed by atoms with Gasteiger partial charge in [-0.15, -0.1) is 0 Å². The zero-order valence-electron chi connectivity index (χ0n) is 15.4. The molecule has 136 valence electrons. The van der Waals surface area contributed by atoms with Gasteiger partial charge in [0.25, 0.3) is 0 Å². The number of nitrogens with zero attached hydrogens (tertiary/aromatic N) is 1. The first-order valence-electron chi connectivity index (χ1n) is 8.90. The standard InChI is InChI=1S/C21H24N2O3/c1-4-26-19-8-6-5-7-17(19)22-21(25)16-12-20(24)23(13-16)18-10-9-14(2)11-15(18)3/h5-11,16H,4,12-13H2,1-3H3,(H,22,25)/t16-/m1/s1. The van der Waals surface area contributed by atoms with Gasteiger partial charge in [-0.3, -0.25) is 9.59 Å². The van der Waals surface area contributed by atoms with Crippen LogP contribution in [-0.4, -0.2) is 25.0 Å². The quantitative estimate of drug-likeness (QED) is 0.893. The Labute approximate surface area is 154 Å². The van der Waals surface area contributed by atoms with E-state index < -0.39 is 0 Å². The molecule has 2 aromatic carbocycles. The Bertz CT molecular complexity index is 832. The molecule has 1 atom stereocenters. The van der Waals surface area contributed by atoms with Crippen LogP contribution in [-0.2, 0) is 9.59 Å². The molecule has 5 heteroatoms. The van der Waals surface area contributed by atoms with Crippen molar-refractivity contribution in [1.29, 1.82) is 0 Å². The van der Waals surface area contributed by atoms with Crippen LogP contribution in [0.1, 0.15) is 24.5 Å². The number of carbonyl (C=O) groups is 2. The molecule has 0 unspecified atom stereocenters. The van der Waals surface area contributed by atoms with E-state index in [0.29, 0.717) is 24.6 Å². The first kappa shape index (κ1) is 18.0. The van der Waals surface area contributed by atoms with Crippen molar-refractivity contribution in [2.45, 2.75) is 27.2 Å². The lowest BCUT2D eigenvalue weighted by atomic mass is 10.1. The minimum absolute atomic E-state index is 0.0183. The van der Waals surface area contributed by atoms with E-state index in [9.17, 15) is 9.59 Å². The molecule has 0 spiro atoms. The highest BCUT2D eigenvalue weighted by Gasteiger charge is 2.35. The van der Waals surface area contributed by atoms with Gasteiger partial charge in [0.2, 0.25) is 11.8 Å². The molecule has 1 saturated heterocycles. The van der Waals surface area contributed by atoms with Crippen molar-refractivity contribution >= 4 is 23.2 Å². The first-order chi connectivity index (χ1) is 12.5. The maximum absolute atomic E-state index is 12.7. The van der Waals surface area contributed by atoms with Crippen molar-refractivity contribution in [1.82, 2.24) is 0 Å². The smallest absolute Gasteiger partial charge is 0.229 e. The number of nitrogens with one attached hydrogen (secondary N) is 1. The number of rotatable bonds is 5. The number of para-hydroxylation sites is 2. The molecule has 2 amide bonds. The van der Waals surface area contributed by atoms with E-state index in [1.165, 1.54) is 0 Å². The van der Waals surface area contributed by atoms with Crippen LogP contribution < -0.4 is 15.0 Å². The number of amides is 2. The first-order valence-corrected chi connectivity index (χ1v) is 8.90. The van der Waals surface area contributed by atoms with Crippen molar-refractivity contribution in [2.24, 2.45) is 5.92 Å². The predicted octanol–water partition coefficient (Wildman–Crippen LogP) is 3.69. The van der Waals surface area contributed by atoms with E-state index in [1.54, 1.807) is 4.90 Å². The van der Waals surface area contributed by atoms with Crippen molar-refractivity contribution < 1.29 is 14.3 Å². The van der Waals surface area contributed by atoms with E-state index in [1.807, 2.05) is 63.2 Å². The molecule has 0 radical (unpaired) electrons. The Kier molecular flexibility index (Phi) is 5.26. The largest absolute Gasteiger partial charge is 0.492 e. The van der Waals surface area contributed by atoms with Gasteiger partial charge in [-0.2, -0.15) is 0 Å². The van der Waals surface area contributed by atoms with Gasteiger partial charge in [-0.05, 0) is 44.5 Å². The summed E-state index contributed by atoms with van der Waals surface area (Å²) in [6, 6.07) is 13.3. The molecule has 1 fully saturated rings. The molecule has 0 bridgehead atoms. The Hall–Kier alpha value is -2.82. The Morgan fingerprint density at radius 1 is 1.23 bits per heavy atom. The number of anilines is 2. The number of hydrogen-bond acceptors (Lipinski definition) is 3. The molecule has 5 nitrogen and oxygen atoms in total. The Morgan fingerprint density at radius 3 is 2.73 bits per heavy atom. The highest BCUT2D eigenvalue weighted by atomic mass is 16.5. The van der Waals surface area contributed by atoms with Crippen LogP contribution in [0.3, 0.4) is 0 Å². The molecule has 0 saturated carbocycles. The third kappa shape index (κ3) is 3.72. The molecular formula is C21H24N2O3. The lowest BCUT2D eigenvalue weighted by Gasteiger charge is -2.19. The third-order valence-corrected chi connectivity index (χ3v) is 4.58. The Morgan fingerprint density at radius 2 is 2.00 bits per heavy atom. The second-order valence-electron chi connectivity index (χ2n) is 6.61. The SMILES string of the molecule is CCOc1ccccc1NC(=O)[C@@H]1CC(=O)N(c2ccc(C)cc2C)C1. The van der Waals surface area contributed by atoms with Gasteiger partial charge in [0, 0.05) is 18.7 Å². The summed E-state index contributed by atoms with van der Waals surface area (Å²) >= 11 is 0. The monoisotopic (exact) mass is 352 g/mol. The number of carbonyl (C=O) groups excluding carboxylic acids is 2. The average Bonchev–Trinajstić information content (AvgIpc) is 2.99. The summed E-state index contributed by atoms with van der Waals surface area (Å²) in [5.41, 5.74) is 3.71. The summed E-state index contributed by atoms with van der Waals surface area (Å²) in [6.45, 7) is 6.83. The average molecular weight is 352 g/mol. The van der Waals surface area contributed by atoms with Gasteiger partial charge in [-0.25, -0.2) is 0 Å². The maximum Gasteiger partial charge on any atom is 0.229 e. The van der Waals surface area contributed by atoms with Crippen LogP contribution in [0.4, 0.5) is 11.4 Å². The van der Waals surface area contributed by atoms with Crippen LogP contribution in [0.25, 0.3) is 0 Å². The van der Waals surface area contributed by atoms with E-state index >= 15 is 0 Å². The van der Waals surface area contributed by atoms with Gasteiger partial charge >= 0.3 is 0 Å².